The summed E-state index contributed by atoms with van der Waals surface area (Å²) < 4.78 is 5.37. The number of ether oxygens (including phenoxy) is 1. The minimum absolute atomic E-state index is 0.0605. The van der Waals surface area contributed by atoms with Crippen molar-refractivity contribution in [3.63, 3.8) is 0 Å². The molecule has 19 heavy (non-hydrogen) atoms. The van der Waals surface area contributed by atoms with Gasteiger partial charge >= 0.3 is 0 Å². The molecule has 2 heterocycles. The van der Waals surface area contributed by atoms with Gasteiger partial charge in [0.2, 0.25) is 0 Å². The molecule has 4 heteroatoms. The second kappa shape index (κ2) is 7.39. The molecule has 2 rings (SSSR count). The van der Waals surface area contributed by atoms with E-state index in [1.54, 1.807) is 0 Å². The molecule has 0 saturated carbocycles. The van der Waals surface area contributed by atoms with Gasteiger partial charge < -0.3 is 14.7 Å². The average molecular weight is 268 g/mol. The lowest BCUT2D eigenvalue weighted by Crippen LogP contribution is -2.48. The number of aliphatic hydroxyl groups excluding tert-OH is 1. The summed E-state index contributed by atoms with van der Waals surface area (Å²) in [5.41, 5.74) is 0.0605. The molecule has 4 nitrogen and oxygen atoms in total. The molecule has 0 aliphatic carbocycles. The Hall–Kier alpha value is -0.420. The normalized spacial score (nSPS) is 30.4. The lowest BCUT2D eigenvalue weighted by atomic mass is 9.78. The highest BCUT2D eigenvalue weighted by atomic mass is 16.5. The van der Waals surface area contributed by atoms with E-state index < -0.39 is 0 Å². The van der Waals surface area contributed by atoms with Crippen LogP contribution in [0.1, 0.15) is 19.3 Å². The first-order chi connectivity index (χ1) is 9.28. The number of morpholine rings is 1. The first-order valence-electron chi connectivity index (χ1n) is 7.52. The molecule has 2 aliphatic rings. The van der Waals surface area contributed by atoms with E-state index in [0.717, 1.165) is 58.8 Å². The highest BCUT2D eigenvalue weighted by Gasteiger charge is 2.33. The number of nitrogens with zero attached hydrogens (tertiary/aromatic N) is 2. The van der Waals surface area contributed by atoms with Crippen LogP contribution < -0.4 is 0 Å². The Balaban J connectivity index is 1.78. The Bertz CT molecular complexity index is 279. The fourth-order valence-corrected chi connectivity index (χ4v) is 3.27. The molecule has 0 aromatic heterocycles. The van der Waals surface area contributed by atoms with Crippen LogP contribution in [0.15, 0.2) is 12.7 Å². The molecular weight excluding hydrogens is 240 g/mol. The Morgan fingerprint density at radius 2 is 1.89 bits per heavy atom. The third-order valence-corrected chi connectivity index (χ3v) is 4.49. The van der Waals surface area contributed by atoms with Crippen LogP contribution in [0.25, 0.3) is 0 Å². The number of piperidine rings is 1. The van der Waals surface area contributed by atoms with Crippen molar-refractivity contribution in [3.05, 3.63) is 12.7 Å². The van der Waals surface area contributed by atoms with Gasteiger partial charge in [0.05, 0.1) is 19.8 Å². The third kappa shape index (κ3) is 4.28. The maximum atomic E-state index is 9.71. The minimum atomic E-state index is 0.0605. The molecular formula is C15H28N2O2. The van der Waals surface area contributed by atoms with Crippen molar-refractivity contribution in [2.45, 2.75) is 19.3 Å². The van der Waals surface area contributed by atoms with Gasteiger partial charge in [0.25, 0.3) is 0 Å². The van der Waals surface area contributed by atoms with E-state index >= 15 is 0 Å². The van der Waals surface area contributed by atoms with E-state index in [1.807, 2.05) is 6.08 Å². The van der Waals surface area contributed by atoms with E-state index in [-0.39, 0.29) is 12.0 Å². The summed E-state index contributed by atoms with van der Waals surface area (Å²) >= 11 is 0. The van der Waals surface area contributed by atoms with Gasteiger partial charge in [-0.1, -0.05) is 6.08 Å². The van der Waals surface area contributed by atoms with Gasteiger partial charge in [-0.2, -0.15) is 0 Å². The van der Waals surface area contributed by atoms with Crippen LogP contribution in [-0.4, -0.2) is 74.0 Å². The fourth-order valence-electron chi connectivity index (χ4n) is 3.27. The molecule has 2 fully saturated rings. The zero-order valence-electron chi connectivity index (χ0n) is 12.0. The Morgan fingerprint density at radius 3 is 2.58 bits per heavy atom. The summed E-state index contributed by atoms with van der Waals surface area (Å²) in [5, 5.41) is 9.71. The maximum Gasteiger partial charge on any atom is 0.0594 e. The quantitative estimate of drug-likeness (QED) is 0.728. The van der Waals surface area contributed by atoms with Crippen LogP contribution in [0.2, 0.25) is 0 Å². The average Bonchev–Trinajstić information content (AvgIpc) is 2.47. The summed E-state index contributed by atoms with van der Waals surface area (Å²) in [6.07, 6.45) is 5.21. The highest BCUT2D eigenvalue weighted by molar-refractivity contribution is 4.92. The predicted octanol–water partition coefficient (Wildman–Crippen LogP) is 0.969. The zero-order chi connectivity index (χ0) is 13.6. The number of allylic oxidation sites excluding steroid dienone is 1. The fraction of sp³-hybridized carbons (Fsp3) is 0.867. The van der Waals surface area contributed by atoms with Crippen molar-refractivity contribution in [1.29, 1.82) is 0 Å². The van der Waals surface area contributed by atoms with Crippen LogP contribution in [0.5, 0.6) is 0 Å². The molecule has 1 atom stereocenters. The van der Waals surface area contributed by atoms with Gasteiger partial charge in [0.15, 0.2) is 0 Å². The van der Waals surface area contributed by atoms with E-state index in [9.17, 15) is 5.11 Å². The number of aliphatic hydroxyl groups is 1. The van der Waals surface area contributed by atoms with Crippen molar-refractivity contribution >= 4 is 0 Å². The first kappa shape index (κ1) is 15.0. The molecule has 110 valence electrons. The summed E-state index contributed by atoms with van der Waals surface area (Å²) in [5.74, 6) is 0. The molecule has 0 bridgehead atoms. The van der Waals surface area contributed by atoms with Crippen molar-refractivity contribution < 1.29 is 9.84 Å². The molecule has 0 amide bonds. The largest absolute Gasteiger partial charge is 0.396 e. The van der Waals surface area contributed by atoms with Crippen molar-refractivity contribution in [1.82, 2.24) is 9.80 Å². The maximum absolute atomic E-state index is 9.71. The monoisotopic (exact) mass is 268 g/mol. The van der Waals surface area contributed by atoms with Crippen molar-refractivity contribution in [2.75, 3.05) is 59.1 Å². The molecule has 0 spiro atoms. The van der Waals surface area contributed by atoms with Crippen molar-refractivity contribution in [2.24, 2.45) is 5.41 Å². The molecule has 1 N–H and O–H groups in total. The smallest absolute Gasteiger partial charge is 0.0594 e. The van der Waals surface area contributed by atoms with Gasteiger partial charge in [-0.3, -0.25) is 4.90 Å². The Morgan fingerprint density at radius 1 is 1.16 bits per heavy atom. The van der Waals surface area contributed by atoms with E-state index in [1.165, 1.54) is 13.0 Å². The number of hydrogen-bond donors (Lipinski definition) is 1. The molecule has 0 aromatic rings. The minimum Gasteiger partial charge on any atom is -0.396 e. The van der Waals surface area contributed by atoms with Gasteiger partial charge in [-0.05, 0) is 25.8 Å². The van der Waals surface area contributed by atoms with E-state index in [4.69, 9.17) is 4.74 Å². The topological polar surface area (TPSA) is 35.9 Å². The predicted molar refractivity (Wildman–Crippen MR) is 77.3 cm³/mol. The van der Waals surface area contributed by atoms with Gasteiger partial charge in [-0.15, -0.1) is 6.58 Å². The summed E-state index contributed by atoms with van der Waals surface area (Å²) in [6.45, 7) is 12.4. The molecule has 2 aliphatic heterocycles. The summed E-state index contributed by atoms with van der Waals surface area (Å²) in [7, 11) is 0. The molecule has 2 saturated heterocycles. The van der Waals surface area contributed by atoms with Crippen LogP contribution in [-0.2, 0) is 4.74 Å². The number of rotatable bonds is 6. The number of likely N-dealkylation sites (tertiary alicyclic amines) is 1. The lowest BCUT2D eigenvalue weighted by molar-refractivity contribution is 0.0123. The van der Waals surface area contributed by atoms with Gasteiger partial charge in [0, 0.05) is 38.1 Å². The van der Waals surface area contributed by atoms with Crippen LogP contribution >= 0.6 is 0 Å². The summed E-state index contributed by atoms with van der Waals surface area (Å²) in [4.78, 5) is 4.99. The van der Waals surface area contributed by atoms with Crippen LogP contribution in [0, 0.1) is 5.41 Å². The van der Waals surface area contributed by atoms with E-state index in [2.05, 4.69) is 16.4 Å². The van der Waals surface area contributed by atoms with Gasteiger partial charge in [0.1, 0.15) is 0 Å². The molecule has 0 unspecified atom stereocenters. The molecule has 0 radical (unpaired) electrons. The Labute approximate surface area is 117 Å². The van der Waals surface area contributed by atoms with E-state index in [0.29, 0.717) is 0 Å². The lowest BCUT2D eigenvalue weighted by Gasteiger charge is -2.42. The van der Waals surface area contributed by atoms with Gasteiger partial charge in [-0.25, -0.2) is 0 Å². The number of hydrogen-bond acceptors (Lipinski definition) is 4. The SMILES string of the molecule is C=CC[C@]1(CO)CCCN(CCN2CCOCC2)C1. The summed E-state index contributed by atoms with van der Waals surface area (Å²) in [6, 6.07) is 0. The highest BCUT2D eigenvalue weighted by Crippen LogP contribution is 2.33. The van der Waals surface area contributed by atoms with Crippen LogP contribution in [0.3, 0.4) is 0 Å². The first-order valence-corrected chi connectivity index (χ1v) is 7.52. The second-order valence-corrected chi connectivity index (χ2v) is 5.98. The third-order valence-electron chi connectivity index (χ3n) is 4.49. The second-order valence-electron chi connectivity index (χ2n) is 5.98. The zero-order valence-corrected chi connectivity index (χ0v) is 12.0. The van der Waals surface area contributed by atoms with Crippen molar-refractivity contribution in [3.8, 4) is 0 Å². The standard InChI is InChI=1S/C15H28N2O2/c1-2-4-15(14-18)5-3-6-17(13-15)8-7-16-9-11-19-12-10-16/h2,18H,1,3-14H2/t15-/m0/s1. The van der Waals surface area contributed by atoms with Crippen LogP contribution in [0.4, 0.5) is 0 Å². The Kier molecular flexibility index (Phi) is 5.82. The molecule has 0 aromatic carbocycles.